The first kappa shape index (κ1) is 20.2. The molecule has 1 unspecified atom stereocenters. The normalized spacial score (nSPS) is 15.2. The van der Waals surface area contributed by atoms with Gasteiger partial charge in [0.25, 0.3) is 0 Å². The van der Waals surface area contributed by atoms with Crippen LogP contribution in [0.2, 0.25) is 0 Å². The summed E-state index contributed by atoms with van der Waals surface area (Å²) in [7, 11) is -2.45. The van der Waals surface area contributed by atoms with Crippen LogP contribution in [0.5, 0.6) is 0 Å². The summed E-state index contributed by atoms with van der Waals surface area (Å²) in [5.41, 5.74) is 0. The fourth-order valence-corrected chi connectivity index (χ4v) is 2.89. The molecule has 0 saturated carbocycles. The van der Waals surface area contributed by atoms with Gasteiger partial charge in [-0.2, -0.15) is 0 Å². The van der Waals surface area contributed by atoms with Crippen LogP contribution in [0.15, 0.2) is 0 Å². The van der Waals surface area contributed by atoms with Crippen LogP contribution in [0.25, 0.3) is 0 Å². The van der Waals surface area contributed by atoms with E-state index in [-0.39, 0.29) is 5.16 Å². The largest absolute Gasteiger partial charge is 0.328 e. The third kappa shape index (κ3) is 10.00. The highest BCUT2D eigenvalue weighted by atomic mass is 31.2. The van der Waals surface area contributed by atoms with E-state index >= 15 is 0 Å². The van der Waals surface area contributed by atoms with Gasteiger partial charge in [0.15, 0.2) is 0 Å². The summed E-state index contributed by atoms with van der Waals surface area (Å²) >= 11 is 0. The molecule has 0 aromatic heterocycles. The third-order valence-corrected chi connectivity index (χ3v) is 7.17. The highest BCUT2D eigenvalue weighted by molar-refractivity contribution is 7.59. The van der Waals surface area contributed by atoms with Crippen molar-refractivity contribution < 1.29 is 9.09 Å². The minimum absolute atomic E-state index is 0.231. The highest BCUT2D eigenvalue weighted by Crippen LogP contribution is 2.55. The van der Waals surface area contributed by atoms with Crippen LogP contribution in [0.4, 0.5) is 0 Å². The van der Waals surface area contributed by atoms with Crippen molar-refractivity contribution >= 4 is 7.37 Å². The lowest BCUT2D eigenvalue weighted by atomic mass is 10.1. The van der Waals surface area contributed by atoms with Crippen LogP contribution in [0.3, 0.4) is 0 Å². The van der Waals surface area contributed by atoms with Crippen molar-refractivity contribution in [3.63, 3.8) is 0 Å². The first-order valence-corrected chi connectivity index (χ1v) is 10.6. The van der Waals surface area contributed by atoms with Crippen molar-refractivity contribution in [2.75, 3.05) is 13.3 Å². The number of hydrogen-bond donors (Lipinski definition) is 0. The molecule has 1 atom stereocenters. The van der Waals surface area contributed by atoms with Gasteiger partial charge < -0.3 is 4.52 Å². The number of rotatable bonds is 12. The van der Waals surface area contributed by atoms with Crippen LogP contribution in [-0.2, 0) is 9.09 Å². The molecule has 0 aliphatic heterocycles. The Morgan fingerprint density at radius 2 is 1.20 bits per heavy atom. The van der Waals surface area contributed by atoms with Crippen LogP contribution < -0.4 is 0 Å². The molecule has 0 saturated heterocycles. The molecular weight excluding hydrogens is 267 g/mol. The molecule has 0 aliphatic rings. The van der Waals surface area contributed by atoms with Gasteiger partial charge in [-0.05, 0) is 6.42 Å². The maximum absolute atomic E-state index is 12.3. The summed E-state index contributed by atoms with van der Waals surface area (Å²) < 4.78 is 17.9. The summed E-state index contributed by atoms with van der Waals surface area (Å²) in [6.45, 7) is 10.7. The molecule has 0 rings (SSSR count). The van der Waals surface area contributed by atoms with Gasteiger partial charge in [-0.15, -0.1) is 0 Å². The van der Waals surface area contributed by atoms with Gasteiger partial charge in [-0.25, -0.2) is 0 Å². The molecule has 0 aromatic rings. The molecule has 0 amide bonds. The number of unbranched alkanes of at least 4 members (excludes halogenated alkanes) is 9. The van der Waals surface area contributed by atoms with E-state index in [0.717, 1.165) is 6.42 Å². The lowest BCUT2D eigenvalue weighted by Crippen LogP contribution is -2.16. The minimum atomic E-state index is -2.45. The Bertz CT molecular complexity index is 269. The second kappa shape index (κ2) is 10.9. The molecule has 0 aromatic carbocycles. The van der Waals surface area contributed by atoms with E-state index in [2.05, 4.69) is 6.92 Å². The van der Waals surface area contributed by atoms with Crippen LogP contribution in [0, 0.1) is 0 Å². The number of hydrogen-bond acceptors (Lipinski definition) is 2. The molecular formula is C17H37O2P. The lowest BCUT2D eigenvalue weighted by molar-refractivity contribution is 0.292. The molecule has 0 bridgehead atoms. The van der Waals surface area contributed by atoms with Crippen molar-refractivity contribution in [1.82, 2.24) is 0 Å². The van der Waals surface area contributed by atoms with Crippen molar-refractivity contribution in [2.24, 2.45) is 0 Å². The Morgan fingerprint density at radius 1 is 0.800 bits per heavy atom. The SMILES string of the molecule is CCCCCCCCCCCCOP(C)(=O)C(C)(C)C. The summed E-state index contributed by atoms with van der Waals surface area (Å²) in [4.78, 5) is 0. The quantitative estimate of drug-likeness (QED) is 0.299. The van der Waals surface area contributed by atoms with E-state index in [0.29, 0.717) is 6.61 Å². The van der Waals surface area contributed by atoms with E-state index in [9.17, 15) is 4.57 Å². The van der Waals surface area contributed by atoms with Gasteiger partial charge in [0.1, 0.15) is 0 Å². The first-order chi connectivity index (χ1) is 9.31. The molecule has 0 spiro atoms. The first-order valence-electron chi connectivity index (χ1n) is 8.53. The second-order valence-corrected chi connectivity index (χ2v) is 10.3. The maximum atomic E-state index is 12.3. The van der Waals surface area contributed by atoms with E-state index < -0.39 is 7.37 Å². The zero-order valence-corrected chi connectivity index (χ0v) is 15.4. The van der Waals surface area contributed by atoms with Crippen LogP contribution >= 0.6 is 7.37 Å². The Labute approximate surface area is 127 Å². The van der Waals surface area contributed by atoms with Gasteiger partial charge in [-0.1, -0.05) is 85.5 Å². The topological polar surface area (TPSA) is 26.3 Å². The molecule has 20 heavy (non-hydrogen) atoms. The average Bonchev–Trinajstić information content (AvgIpc) is 2.34. The van der Waals surface area contributed by atoms with Crippen molar-refractivity contribution in [3.8, 4) is 0 Å². The standard InChI is InChI=1S/C17H37O2P/c1-6-7-8-9-10-11-12-13-14-15-16-19-20(5,18)17(2,3)4/h6-16H2,1-5H3. The van der Waals surface area contributed by atoms with Crippen molar-refractivity contribution in [1.29, 1.82) is 0 Å². The lowest BCUT2D eigenvalue weighted by Gasteiger charge is -2.27. The molecule has 0 radical (unpaired) electrons. The Hall–Kier alpha value is 0.190. The van der Waals surface area contributed by atoms with Crippen LogP contribution in [-0.4, -0.2) is 18.4 Å². The zero-order chi connectivity index (χ0) is 15.5. The fourth-order valence-electron chi connectivity index (χ4n) is 2.02. The van der Waals surface area contributed by atoms with Crippen molar-refractivity contribution in [2.45, 2.75) is 97.1 Å². The summed E-state index contributed by atoms with van der Waals surface area (Å²) in [5, 5.41) is -0.231. The monoisotopic (exact) mass is 304 g/mol. The van der Waals surface area contributed by atoms with E-state index in [1.807, 2.05) is 20.8 Å². The zero-order valence-electron chi connectivity index (χ0n) is 14.5. The van der Waals surface area contributed by atoms with Gasteiger partial charge in [0.05, 0.1) is 6.61 Å². The molecule has 0 aliphatic carbocycles. The molecule has 2 nitrogen and oxygen atoms in total. The fraction of sp³-hybridized carbons (Fsp3) is 1.00. The second-order valence-electron chi connectivity index (χ2n) is 7.03. The van der Waals surface area contributed by atoms with Gasteiger partial charge in [-0.3, -0.25) is 4.57 Å². The third-order valence-electron chi connectivity index (χ3n) is 4.05. The molecule has 0 N–H and O–H groups in total. The van der Waals surface area contributed by atoms with E-state index in [4.69, 9.17) is 4.52 Å². The van der Waals surface area contributed by atoms with E-state index in [1.165, 1.54) is 57.8 Å². The summed E-state index contributed by atoms with van der Waals surface area (Å²) in [6, 6.07) is 0. The molecule has 122 valence electrons. The highest BCUT2D eigenvalue weighted by Gasteiger charge is 2.32. The summed E-state index contributed by atoms with van der Waals surface area (Å²) in [6.07, 6.45) is 13.2. The van der Waals surface area contributed by atoms with Gasteiger partial charge >= 0.3 is 0 Å². The molecule has 3 heteroatoms. The van der Waals surface area contributed by atoms with Gasteiger partial charge in [0.2, 0.25) is 7.37 Å². The Balaban J connectivity index is 3.35. The van der Waals surface area contributed by atoms with Crippen LogP contribution in [0.1, 0.15) is 91.9 Å². The minimum Gasteiger partial charge on any atom is -0.328 e. The smallest absolute Gasteiger partial charge is 0.205 e. The average molecular weight is 304 g/mol. The Morgan fingerprint density at radius 3 is 1.60 bits per heavy atom. The summed E-state index contributed by atoms with van der Waals surface area (Å²) in [5.74, 6) is 0. The molecule has 0 fully saturated rings. The van der Waals surface area contributed by atoms with Gasteiger partial charge in [0, 0.05) is 11.8 Å². The maximum Gasteiger partial charge on any atom is 0.205 e. The predicted molar refractivity (Wildman–Crippen MR) is 91.1 cm³/mol. The van der Waals surface area contributed by atoms with Crippen molar-refractivity contribution in [3.05, 3.63) is 0 Å². The Kier molecular flexibility index (Phi) is 11.0. The van der Waals surface area contributed by atoms with E-state index in [1.54, 1.807) is 6.66 Å². The molecule has 0 heterocycles. The predicted octanol–water partition coefficient (Wildman–Crippen LogP) is 6.63.